The van der Waals surface area contributed by atoms with E-state index in [0.717, 1.165) is 4.88 Å². The summed E-state index contributed by atoms with van der Waals surface area (Å²) in [6.45, 7) is 1.84. The van der Waals surface area contributed by atoms with Gasteiger partial charge < -0.3 is 0 Å². The zero-order chi connectivity index (χ0) is 13.9. The molecule has 2 aromatic rings. The van der Waals surface area contributed by atoms with Crippen molar-refractivity contribution in [1.29, 1.82) is 0 Å². The van der Waals surface area contributed by atoms with Crippen LogP contribution in [0, 0.1) is 0 Å². The molecule has 7 nitrogen and oxygen atoms in total. The second kappa shape index (κ2) is 5.68. The lowest BCUT2D eigenvalue weighted by Gasteiger charge is -2.05. The topological polar surface area (TPSA) is 94.2 Å². The highest BCUT2D eigenvalue weighted by molar-refractivity contribution is 7.89. The third kappa shape index (κ3) is 3.31. The molecule has 1 N–H and O–H groups in total. The van der Waals surface area contributed by atoms with E-state index >= 15 is 0 Å². The number of thiophene rings is 1. The smallest absolute Gasteiger partial charge is 0.295 e. The molecule has 0 aromatic carbocycles. The van der Waals surface area contributed by atoms with E-state index in [1.807, 2.05) is 17.5 Å². The van der Waals surface area contributed by atoms with Gasteiger partial charge in [-0.25, -0.2) is 17.9 Å². The van der Waals surface area contributed by atoms with Crippen molar-refractivity contribution in [2.24, 2.45) is 0 Å². The molecule has 2 aromatic heterocycles. The van der Waals surface area contributed by atoms with Gasteiger partial charge in [0.15, 0.2) is 5.82 Å². The van der Waals surface area contributed by atoms with Gasteiger partial charge in [-0.3, -0.25) is 9.09 Å². The molecule has 0 atom stereocenters. The zero-order valence-electron chi connectivity index (χ0n) is 10.2. The predicted octanol–water partition coefficient (Wildman–Crippen LogP) is 0.504. The van der Waals surface area contributed by atoms with E-state index in [4.69, 9.17) is 0 Å². The van der Waals surface area contributed by atoms with Gasteiger partial charge in [-0.15, -0.1) is 11.3 Å². The molecule has 19 heavy (non-hydrogen) atoms. The molecule has 0 saturated heterocycles. The van der Waals surface area contributed by atoms with Crippen molar-refractivity contribution >= 4 is 21.4 Å². The summed E-state index contributed by atoms with van der Waals surface area (Å²) in [6.07, 6.45) is 0. The number of nitrogens with zero attached hydrogens (tertiary/aromatic N) is 2. The lowest BCUT2D eigenvalue weighted by atomic mass is 10.4. The third-order valence-electron chi connectivity index (χ3n) is 2.47. The standard InChI is InChI=1S/C10H13N3O4S2/c1-2-19(15,16)11-5-6-13-9(12-17-10(13)14)8-4-3-7-18-8/h3-4,7,11H,2,5-6H2,1H3. The first-order chi connectivity index (χ1) is 9.03. The molecule has 104 valence electrons. The van der Waals surface area contributed by atoms with Crippen LogP contribution in [0.2, 0.25) is 0 Å². The molecule has 9 heteroatoms. The zero-order valence-corrected chi connectivity index (χ0v) is 11.8. The average molecular weight is 303 g/mol. The molecule has 0 saturated carbocycles. The lowest BCUT2D eigenvalue weighted by Crippen LogP contribution is -2.30. The fourth-order valence-electron chi connectivity index (χ4n) is 1.46. The molecule has 0 unspecified atom stereocenters. The average Bonchev–Trinajstić information content (AvgIpc) is 3.00. The lowest BCUT2D eigenvalue weighted by molar-refractivity contribution is 0.376. The second-order valence-electron chi connectivity index (χ2n) is 3.70. The molecule has 2 rings (SSSR count). The van der Waals surface area contributed by atoms with Gasteiger partial charge in [-0.05, 0) is 18.4 Å². The van der Waals surface area contributed by atoms with Crippen LogP contribution in [0.25, 0.3) is 10.7 Å². The van der Waals surface area contributed by atoms with Crippen molar-refractivity contribution in [3.63, 3.8) is 0 Å². The van der Waals surface area contributed by atoms with Gasteiger partial charge in [0.2, 0.25) is 10.0 Å². The number of sulfonamides is 1. The maximum Gasteiger partial charge on any atom is 0.441 e. The summed E-state index contributed by atoms with van der Waals surface area (Å²) in [5, 5.41) is 5.56. The number of nitrogens with one attached hydrogen (secondary N) is 1. The maximum absolute atomic E-state index is 11.5. The molecule has 0 aliphatic rings. The highest BCUT2D eigenvalue weighted by atomic mass is 32.2. The summed E-state index contributed by atoms with van der Waals surface area (Å²) >= 11 is 1.43. The van der Waals surface area contributed by atoms with E-state index in [2.05, 4.69) is 14.4 Å². The van der Waals surface area contributed by atoms with E-state index in [-0.39, 0.29) is 18.8 Å². The normalized spacial score (nSPS) is 11.8. The van der Waals surface area contributed by atoms with E-state index in [0.29, 0.717) is 5.82 Å². The number of aromatic nitrogens is 2. The van der Waals surface area contributed by atoms with E-state index < -0.39 is 15.8 Å². The minimum absolute atomic E-state index is 0.00329. The van der Waals surface area contributed by atoms with Crippen LogP contribution in [0.1, 0.15) is 6.92 Å². The molecule has 0 amide bonds. The van der Waals surface area contributed by atoms with Gasteiger partial charge in [0.1, 0.15) is 0 Å². The van der Waals surface area contributed by atoms with Crippen LogP contribution in [-0.2, 0) is 16.6 Å². The SMILES string of the molecule is CCS(=O)(=O)NCCn1c(-c2cccs2)noc1=O. The molecule has 0 spiro atoms. The van der Waals surface area contributed by atoms with Crippen molar-refractivity contribution in [3.8, 4) is 10.7 Å². The molecular formula is C10H13N3O4S2. The molecule has 2 heterocycles. The Morgan fingerprint density at radius 2 is 2.32 bits per heavy atom. The second-order valence-corrected chi connectivity index (χ2v) is 6.74. The van der Waals surface area contributed by atoms with Crippen LogP contribution in [0.5, 0.6) is 0 Å². The van der Waals surface area contributed by atoms with Crippen LogP contribution in [-0.4, -0.2) is 30.4 Å². The number of hydrogen-bond donors (Lipinski definition) is 1. The quantitative estimate of drug-likeness (QED) is 0.839. The fraction of sp³-hybridized carbons (Fsp3) is 0.400. The highest BCUT2D eigenvalue weighted by Gasteiger charge is 2.14. The van der Waals surface area contributed by atoms with Crippen molar-refractivity contribution in [3.05, 3.63) is 28.1 Å². The van der Waals surface area contributed by atoms with Crippen LogP contribution in [0.4, 0.5) is 0 Å². The van der Waals surface area contributed by atoms with Gasteiger partial charge in [-0.1, -0.05) is 11.2 Å². The van der Waals surface area contributed by atoms with Gasteiger partial charge in [0.25, 0.3) is 0 Å². The Bertz CT molecular complexity index is 685. The summed E-state index contributed by atoms with van der Waals surface area (Å²) in [5.74, 6) is -0.182. The van der Waals surface area contributed by atoms with E-state index in [9.17, 15) is 13.2 Å². The van der Waals surface area contributed by atoms with Crippen LogP contribution < -0.4 is 10.5 Å². The number of rotatable bonds is 6. The Morgan fingerprint density at radius 1 is 1.53 bits per heavy atom. The van der Waals surface area contributed by atoms with Gasteiger partial charge in [-0.2, -0.15) is 0 Å². The summed E-state index contributed by atoms with van der Waals surface area (Å²) in [6, 6.07) is 3.65. The summed E-state index contributed by atoms with van der Waals surface area (Å²) in [7, 11) is -3.27. The number of hydrogen-bond acceptors (Lipinski definition) is 6. The molecule has 0 fully saturated rings. The maximum atomic E-state index is 11.5. The monoisotopic (exact) mass is 303 g/mol. The molecule has 0 aliphatic heterocycles. The summed E-state index contributed by atoms with van der Waals surface area (Å²) < 4.78 is 30.9. The Morgan fingerprint density at radius 3 is 2.95 bits per heavy atom. The van der Waals surface area contributed by atoms with E-state index in [1.54, 1.807) is 6.92 Å². The van der Waals surface area contributed by atoms with Crippen molar-refractivity contribution in [1.82, 2.24) is 14.4 Å². The summed E-state index contributed by atoms with van der Waals surface area (Å²) in [5.41, 5.74) is 0. The first-order valence-corrected chi connectivity index (χ1v) is 8.14. The minimum Gasteiger partial charge on any atom is -0.295 e. The molecule has 0 bridgehead atoms. The Balaban J connectivity index is 2.13. The van der Waals surface area contributed by atoms with Crippen molar-refractivity contribution in [2.75, 3.05) is 12.3 Å². The van der Waals surface area contributed by atoms with Crippen LogP contribution in [0.3, 0.4) is 0 Å². The van der Waals surface area contributed by atoms with Crippen molar-refractivity contribution in [2.45, 2.75) is 13.5 Å². The van der Waals surface area contributed by atoms with Crippen molar-refractivity contribution < 1.29 is 12.9 Å². The fourth-order valence-corrected chi connectivity index (χ4v) is 2.78. The largest absolute Gasteiger partial charge is 0.441 e. The molecule has 0 radical (unpaired) electrons. The minimum atomic E-state index is -3.27. The van der Waals surface area contributed by atoms with Gasteiger partial charge in [0.05, 0.1) is 10.6 Å². The Labute approximate surface area is 113 Å². The van der Waals surface area contributed by atoms with Gasteiger partial charge in [0, 0.05) is 13.1 Å². The first kappa shape index (κ1) is 14.0. The van der Waals surface area contributed by atoms with Gasteiger partial charge >= 0.3 is 5.76 Å². The summed E-state index contributed by atoms with van der Waals surface area (Å²) in [4.78, 5) is 12.3. The molecular weight excluding hydrogens is 290 g/mol. The van der Waals surface area contributed by atoms with E-state index in [1.165, 1.54) is 15.9 Å². The highest BCUT2D eigenvalue weighted by Crippen LogP contribution is 2.21. The molecule has 0 aliphatic carbocycles. The Hall–Kier alpha value is -1.45. The Kier molecular flexibility index (Phi) is 4.17. The predicted molar refractivity (Wildman–Crippen MR) is 71.5 cm³/mol. The van der Waals surface area contributed by atoms with Crippen LogP contribution in [0.15, 0.2) is 26.8 Å². The third-order valence-corrected chi connectivity index (χ3v) is 4.74. The van der Waals surface area contributed by atoms with Crippen LogP contribution >= 0.6 is 11.3 Å². The first-order valence-electron chi connectivity index (χ1n) is 5.61.